The van der Waals surface area contributed by atoms with Gasteiger partial charge >= 0.3 is 5.69 Å². The van der Waals surface area contributed by atoms with Gasteiger partial charge in [-0.1, -0.05) is 0 Å². The molecule has 1 aromatic rings. The number of hydrogen-bond donors (Lipinski definition) is 2. The fourth-order valence-corrected chi connectivity index (χ4v) is 4.60. The van der Waals surface area contributed by atoms with E-state index >= 15 is 0 Å². The zero-order valence-corrected chi connectivity index (χ0v) is 13.7. The molecule has 1 aliphatic heterocycles. The van der Waals surface area contributed by atoms with Crippen LogP contribution in [0.1, 0.15) is 31.2 Å². The van der Waals surface area contributed by atoms with Gasteiger partial charge in [-0.2, -0.15) is 0 Å². The lowest BCUT2D eigenvalue weighted by Crippen LogP contribution is -2.30. The molecule has 8 heteroatoms. The van der Waals surface area contributed by atoms with Crippen LogP contribution in [0.3, 0.4) is 0 Å². The number of aromatic hydroxyl groups is 1. The molecule has 3 N–H and O–H groups in total. The second-order valence-corrected chi connectivity index (χ2v) is 7.04. The highest BCUT2D eigenvalue weighted by Crippen LogP contribution is 2.49. The number of carbonyl (C=O) groups is 1. The number of phenolic OH excluding ortho intramolecular Hbond substituents is 1. The van der Waals surface area contributed by atoms with E-state index in [2.05, 4.69) is 4.99 Å². The molecule has 0 saturated heterocycles. The highest BCUT2D eigenvalue weighted by molar-refractivity contribution is 8.04. The van der Waals surface area contributed by atoms with Crippen molar-refractivity contribution in [2.75, 3.05) is 0 Å². The Labute approximate surface area is 142 Å². The molecule has 2 unspecified atom stereocenters. The van der Waals surface area contributed by atoms with Gasteiger partial charge in [0, 0.05) is 12.3 Å². The molecule has 0 bridgehead atoms. The fourth-order valence-electron chi connectivity index (χ4n) is 3.11. The monoisotopic (exact) mass is 347 g/mol. The number of nitro benzene ring substituents is 1. The Balaban J connectivity index is 1.83. The molecule has 7 nitrogen and oxygen atoms in total. The predicted molar refractivity (Wildman–Crippen MR) is 91.9 cm³/mol. The third kappa shape index (κ3) is 3.14. The van der Waals surface area contributed by atoms with Crippen molar-refractivity contribution in [2.24, 2.45) is 16.6 Å². The number of primary amides is 1. The van der Waals surface area contributed by atoms with Crippen LogP contribution < -0.4 is 5.73 Å². The van der Waals surface area contributed by atoms with Crippen LogP contribution in [-0.2, 0) is 4.79 Å². The van der Waals surface area contributed by atoms with Gasteiger partial charge in [0.05, 0.1) is 10.8 Å². The Morgan fingerprint density at radius 1 is 1.42 bits per heavy atom. The summed E-state index contributed by atoms with van der Waals surface area (Å²) in [7, 11) is 0. The molecule has 2 atom stereocenters. The highest BCUT2D eigenvalue weighted by Gasteiger charge is 2.39. The summed E-state index contributed by atoms with van der Waals surface area (Å²) in [4.78, 5) is 27.7. The first-order valence-corrected chi connectivity index (χ1v) is 8.54. The second-order valence-electron chi connectivity index (χ2n) is 5.83. The summed E-state index contributed by atoms with van der Waals surface area (Å²) in [5.41, 5.74) is 6.79. The average Bonchev–Trinajstić information content (AvgIpc) is 2.92. The Bertz CT molecular complexity index is 760. The first kappa shape index (κ1) is 16.5. The van der Waals surface area contributed by atoms with E-state index in [1.165, 1.54) is 29.3 Å². The molecule has 0 radical (unpaired) electrons. The fraction of sp³-hybridized carbons (Fsp3) is 0.375. The van der Waals surface area contributed by atoms with E-state index in [4.69, 9.17) is 5.73 Å². The lowest BCUT2D eigenvalue weighted by Gasteiger charge is -2.17. The van der Waals surface area contributed by atoms with Gasteiger partial charge < -0.3 is 10.8 Å². The van der Waals surface area contributed by atoms with Crippen LogP contribution >= 0.6 is 11.8 Å². The zero-order valence-electron chi connectivity index (χ0n) is 12.8. The number of nitrogens with zero attached hydrogens (tertiary/aromatic N) is 2. The smallest absolute Gasteiger partial charge is 0.311 e. The maximum absolute atomic E-state index is 11.8. The van der Waals surface area contributed by atoms with Crippen molar-refractivity contribution in [3.8, 4) is 5.75 Å². The van der Waals surface area contributed by atoms with Gasteiger partial charge in [-0.15, -0.1) is 11.8 Å². The number of rotatable bonds is 4. The van der Waals surface area contributed by atoms with Crippen LogP contribution in [0.15, 0.2) is 33.7 Å². The van der Waals surface area contributed by atoms with E-state index in [9.17, 15) is 20.0 Å². The Kier molecular flexibility index (Phi) is 4.57. The number of nitro groups is 1. The minimum absolute atomic E-state index is 0.321. The van der Waals surface area contributed by atoms with Crippen molar-refractivity contribution in [1.82, 2.24) is 0 Å². The Hall–Kier alpha value is -2.35. The molecule has 126 valence electrons. The third-order valence-electron chi connectivity index (χ3n) is 4.25. The van der Waals surface area contributed by atoms with Crippen molar-refractivity contribution in [3.63, 3.8) is 0 Å². The highest BCUT2D eigenvalue weighted by atomic mass is 32.2. The van der Waals surface area contributed by atoms with Gasteiger partial charge in [-0.05, 0) is 53.9 Å². The van der Waals surface area contributed by atoms with Crippen LogP contribution in [0.2, 0.25) is 0 Å². The summed E-state index contributed by atoms with van der Waals surface area (Å²) in [6, 6.07) is 4.05. The third-order valence-corrected chi connectivity index (χ3v) is 5.64. The van der Waals surface area contributed by atoms with E-state index in [1.54, 1.807) is 11.8 Å². The predicted octanol–water partition coefficient (Wildman–Crippen LogP) is 2.72. The van der Waals surface area contributed by atoms with Crippen LogP contribution in [-0.4, -0.2) is 27.5 Å². The van der Waals surface area contributed by atoms with Crippen molar-refractivity contribution in [2.45, 2.75) is 31.1 Å². The molecule has 0 fully saturated rings. The SMILES string of the molecule is NC(=O)C1C2=C(CCCC2)SC1N=Cc1ccc(O)c([N+](=O)[O-])c1. The number of hydrogen-bond acceptors (Lipinski definition) is 6. The number of phenols is 1. The first-order valence-electron chi connectivity index (χ1n) is 7.66. The normalized spacial score (nSPS) is 23.5. The molecular weight excluding hydrogens is 330 g/mol. The number of aliphatic imine (C=N–C) groups is 1. The number of carbonyl (C=O) groups excluding carboxylic acids is 1. The van der Waals surface area contributed by atoms with Crippen molar-refractivity contribution in [3.05, 3.63) is 44.4 Å². The minimum atomic E-state index is -0.649. The van der Waals surface area contributed by atoms with Crippen molar-refractivity contribution >= 4 is 29.6 Å². The van der Waals surface area contributed by atoms with Gasteiger partial charge in [0.25, 0.3) is 0 Å². The van der Waals surface area contributed by atoms with Crippen LogP contribution in [0.4, 0.5) is 5.69 Å². The number of allylic oxidation sites excluding steroid dienone is 1. The summed E-state index contributed by atoms with van der Waals surface area (Å²) in [5, 5.41) is 20.0. The Morgan fingerprint density at radius 2 is 2.17 bits per heavy atom. The standard InChI is InChI=1S/C16H17N3O4S/c17-15(21)14-10-3-1-2-4-13(10)24-16(14)18-8-9-5-6-12(20)11(7-9)19(22)23/h5-8,14,16,20H,1-4H2,(H2,17,21). The van der Waals surface area contributed by atoms with Gasteiger partial charge in [0.15, 0.2) is 5.75 Å². The minimum Gasteiger partial charge on any atom is -0.502 e. The summed E-state index contributed by atoms with van der Waals surface area (Å²) < 4.78 is 0. The molecule has 0 aromatic heterocycles. The second kappa shape index (κ2) is 6.64. The molecule has 2 aliphatic rings. The van der Waals surface area contributed by atoms with E-state index in [0.717, 1.165) is 31.3 Å². The van der Waals surface area contributed by atoms with Crippen molar-refractivity contribution < 1.29 is 14.8 Å². The van der Waals surface area contributed by atoms with E-state index < -0.39 is 10.8 Å². The molecule has 1 heterocycles. The summed E-state index contributed by atoms with van der Waals surface area (Å²) in [6.45, 7) is 0. The zero-order chi connectivity index (χ0) is 17.3. The van der Waals surface area contributed by atoms with Gasteiger partial charge in [0.2, 0.25) is 5.91 Å². The first-order chi connectivity index (χ1) is 11.5. The summed E-state index contributed by atoms with van der Waals surface area (Å²) in [5.74, 6) is -1.18. The van der Waals surface area contributed by atoms with Gasteiger partial charge in [0.1, 0.15) is 5.37 Å². The summed E-state index contributed by atoms with van der Waals surface area (Å²) >= 11 is 1.56. The molecule has 1 amide bonds. The average molecular weight is 347 g/mol. The molecule has 0 saturated carbocycles. The lowest BCUT2D eigenvalue weighted by molar-refractivity contribution is -0.385. The quantitative estimate of drug-likeness (QED) is 0.493. The van der Waals surface area contributed by atoms with Crippen LogP contribution in [0.5, 0.6) is 5.75 Å². The molecule has 1 aliphatic carbocycles. The van der Waals surface area contributed by atoms with E-state index in [1.807, 2.05) is 0 Å². The van der Waals surface area contributed by atoms with Gasteiger partial charge in [-0.3, -0.25) is 19.9 Å². The molecular formula is C16H17N3O4S. The maximum atomic E-state index is 11.8. The van der Waals surface area contributed by atoms with E-state index in [-0.39, 0.29) is 22.7 Å². The molecule has 0 spiro atoms. The lowest BCUT2D eigenvalue weighted by atomic mass is 9.89. The molecule has 3 rings (SSSR count). The Morgan fingerprint density at radius 3 is 2.88 bits per heavy atom. The van der Waals surface area contributed by atoms with E-state index in [0.29, 0.717) is 5.56 Å². The number of benzene rings is 1. The largest absolute Gasteiger partial charge is 0.502 e. The maximum Gasteiger partial charge on any atom is 0.311 e. The molecule has 1 aromatic carbocycles. The topological polar surface area (TPSA) is 119 Å². The number of nitrogens with two attached hydrogens (primary N) is 1. The van der Waals surface area contributed by atoms with Crippen LogP contribution in [0, 0.1) is 16.0 Å². The van der Waals surface area contributed by atoms with Gasteiger partial charge in [-0.25, -0.2) is 0 Å². The number of thioether (sulfide) groups is 1. The molecule has 24 heavy (non-hydrogen) atoms. The number of amides is 1. The van der Waals surface area contributed by atoms with Crippen molar-refractivity contribution in [1.29, 1.82) is 0 Å². The van der Waals surface area contributed by atoms with Crippen LogP contribution in [0.25, 0.3) is 0 Å². The summed E-state index contributed by atoms with van der Waals surface area (Å²) in [6.07, 6.45) is 5.51.